The zero-order chi connectivity index (χ0) is 12.5. The summed E-state index contributed by atoms with van der Waals surface area (Å²) in [6.07, 6.45) is 0.460. The van der Waals surface area contributed by atoms with Gasteiger partial charge in [0.2, 0.25) is 5.13 Å². The molecule has 0 bridgehead atoms. The molecule has 0 aliphatic carbocycles. The average Bonchev–Trinajstić information content (AvgIpc) is 2.96. The minimum absolute atomic E-state index is 0.202. The number of anilines is 1. The summed E-state index contributed by atoms with van der Waals surface area (Å²) in [4.78, 5) is 6.58. The van der Waals surface area contributed by atoms with Crippen molar-refractivity contribution in [3.8, 4) is 0 Å². The number of aliphatic hydroxyl groups is 1. The lowest BCUT2D eigenvalue weighted by atomic mass is 10.0. The molecule has 0 saturated carbocycles. The van der Waals surface area contributed by atoms with Crippen molar-refractivity contribution in [2.75, 3.05) is 11.4 Å². The molecule has 5 heteroatoms. The minimum Gasteiger partial charge on any atom is -0.391 e. The Morgan fingerprint density at radius 2 is 2.11 bits per heavy atom. The van der Waals surface area contributed by atoms with Gasteiger partial charge in [0.05, 0.1) is 12.1 Å². The number of aromatic nitrogens is 2. The lowest BCUT2D eigenvalue weighted by Gasteiger charge is -2.23. The second-order valence-corrected chi connectivity index (χ2v) is 5.32. The van der Waals surface area contributed by atoms with E-state index in [1.807, 2.05) is 25.1 Å². The van der Waals surface area contributed by atoms with Crippen LogP contribution < -0.4 is 4.90 Å². The van der Waals surface area contributed by atoms with Crippen LogP contribution in [0.2, 0.25) is 0 Å². The zero-order valence-electron chi connectivity index (χ0n) is 10.2. The Hall–Kier alpha value is -1.46. The van der Waals surface area contributed by atoms with Crippen molar-refractivity contribution in [3.63, 3.8) is 0 Å². The molecule has 0 unspecified atom stereocenters. The highest BCUT2D eigenvalue weighted by atomic mass is 32.1. The van der Waals surface area contributed by atoms with Crippen LogP contribution in [0.15, 0.2) is 30.3 Å². The second kappa shape index (κ2) is 4.66. The van der Waals surface area contributed by atoms with E-state index in [4.69, 9.17) is 0 Å². The van der Waals surface area contributed by atoms with Crippen molar-refractivity contribution in [2.24, 2.45) is 0 Å². The number of benzene rings is 1. The predicted molar refractivity (Wildman–Crippen MR) is 71.8 cm³/mol. The fourth-order valence-corrected chi connectivity index (χ4v) is 3.15. The molecule has 18 heavy (non-hydrogen) atoms. The first-order valence-electron chi connectivity index (χ1n) is 6.04. The topological polar surface area (TPSA) is 49.2 Å². The normalized spacial score (nSPS) is 23.6. The van der Waals surface area contributed by atoms with Crippen LogP contribution in [0.5, 0.6) is 0 Å². The van der Waals surface area contributed by atoms with E-state index >= 15 is 0 Å². The highest BCUT2D eigenvalue weighted by Gasteiger charge is 2.33. The molecular formula is C13H15N3OS. The SMILES string of the molecule is Cc1nsc(N2C[C@H](O)C[C@H]2c2ccccc2)n1. The summed E-state index contributed by atoms with van der Waals surface area (Å²) < 4.78 is 4.22. The molecule has 2 aromatic rings. The maximum Gasteiger partial charge on any atom is 0.205 e. The number of rotatable bonds is 2. The van der Waals surface area contributed by atoms with Gasteiger partial charge in [0.15, 0.2) is 0 Å². The molecule has 94 valence electrons. The first kappa shape index (κ1) is 11.6. The number of β-amino-alcohol motifs (C(OH)–C–C–N with tert-alkyl or cyclic N) is 1. The highest BCUT2D eigenvalue weighted by Crippen LogP contribution is 2.36. The van der Waals surface area contributed by atoms with Crippen LogP contribution in [-0.2, 0) is 0 Å². The Balaban J connectivity index is 1.93. The fraction of sp³-hybridized carbons (Fsp3) is 0.385. The van der Waals surface area contributed by atoms with E-state index in [2.05, 4.69) is 26.4 Å². The molecule has 4 nitrogen and oxygen atoms in total. The Bertz CT molecular complexity index is 528. The van der Waals surface area contributed by atoms with Gasteiger partial charge in [0, 0.05) is 18.1 Å². The van der Waals surface area contributed by atoms with E-state index in [9.17, 15) is 5.11 Å². The third kappa shape index (κ3) is 2.11. The largest absolute Gasteiger partial charge is 0.391 e. The first-order chi connectivity index (χ1) is 8.74. The quantitative estimate of drug-likeness (QED) is 0.900. The van der Waals surface area contributed by atoms with E-state index in [0.29, 0.717) is 6.54 Å². The van der Waals surface area contributed by atoms with Gasteiger partial charge < -0.3 is 10.0 Å². The van der Waals surface area contributed by atoms with Crippen molar-refractivity contribution in [3.05, 3.63) is 41.7 Å². The number of aliphatic hydroxyl groups excluding tert-OH is 1. The lowest BCUT2D eigenvalue weighted by molar-refractivity contribution is 0.194. The van der Waals surface area contributed by atoms with E-state index < -0.39 is 0 Å². The third-order valence-electron chi connectivity index (χ3n) is 3.23. The molecule has 1 aliphatic heterocycles. The van der Waals surface area contributed by atoms with Crippen LogP contribution in [0, 0.1) is 6.92 Å². The molecule has 0 spiro atoms. The maximum absolute atomic E-state index is 9.91. The molecule has 1 aliphatic rings. The molecule has 0 radical (unpaired) electrons. The van der Waals surface area contributed by atoms with Gasteiger partial charge in [-0.3, -0.25) is 0 Å². The Morgan fingerprint density at radius 1 is 1.33 bits per heavy atom. The Kier molecular flexibility index (Phi) is 3.01. The predicted octanol–water partition coefficient (Wildman–Crippen LogP) is 2.16. The maximum atomic E-state index is 9.91. The fourth-order valence-electron chi connectivity index (χ4n) is 2.42. The molecule has 1 aromatic carbocycles. The van der Waals surface area contributed by atoms with E-state index in [-0.39, 0.29) is 12.1 Å². The molecule has 1 saturated heterocycles. The van der Waals surface area contributed by atoms with Gasteiger partial charge in [-0.25, -0.2) is 4.98 Å². The van der Waals surface area contributed by atoms with Crippen LogP contribution >= 0.6 is 11.5 Å². The molecular weight excluding hydrogens is 246 g/mol. The first-order valence-corrected chi connectivity index (χ1v) is 6.81. The molecule has 1 N–H and O–H groups in total. The summed E-state index contributed by atoms with van der Waals surface area (Å²) in [5, 5.41) is 10.8. The van der Waals surface area contributed by atoms with Crippen molar-refractivity contribution >= 4 is 16.7 Å². The summed E-state index contributed by atoms with van der Waals surface area (Å²) in [7, 11) is 0. The molecule has 3 rings (SSSR count). The van der Waals surface area contributed by atoms with E-state index in [0.717, 1.165) is 17.4 Å². The number of hydrogen-bond acceptors (Lipinski definition) is 5. The Morgan fingerprint density at radius 3 is 2.78 bits per heavy atom. The zero-order valence-corrected chi connectivity index (χ0v) is 11.0. The summed E-state index contributed by atoms with van der Waals surface area (Å²) in [5.41, 5.74) is 1.22. The number of nitrogens with zero attached hydrogens (tertiary/aromatic N) is 3. The molecule has 2 heterocycles. The van der Waals surface area contributed by atoms with Gasteiger partial charge >= 0.3 is 0 Å². The summed E-state index contributed by atoms with van der Waals surface area (Å²) in [6.45, 7) is 2.53. The number of hydrogen-bond donors (Lipinski definition) is 1. The van der Waals surface area contributed by atoms with E-state index in [1.165, 1.54) is 17.1 Å². The second-order valence-electron chi connectivity index (χ2n) is 4.59. The van der Waals surface area contributed by atoms with Crippen LogP contribution in [0.1, 0.15) is 23.9 Å². The molecule has 0 amide bonds. The van der Waals surface area contributed by atoms with Crippen LogP contribution in [0.4, 0.5) is 5.13 Å². The Labute approximate surface area is 110 Å². The van der Waals surface area contributed by atoms with Crippen molar-refractivity contribution in [1.82, 2.24) is 9.36 Å². The molecule has 1 aromatic heterocycles. The van der Waals surface area contributed by atoms with Gasteiger partial charge in [-0.1, -0.05) is 30.3 Å². The summed E-state index contributed by atoms with van der Waals surface area (Å²) >= 11 is 1.40. The lowest BCUT2D eigenvalue weighted by Crippen LogP contribution is -2.24. The molecule has 2 atom stereocenters. The average molecular weight is 261 g/mol. The van der Waals surface area contributed by atoms with Gasteiger partial charge in [0.1, 0.15) is 5.82 Å². The van der Waals surface area contributed by atoms with Crippen molar-refractivity contribution in [1.29, 1.82) is 0 Å². The van der Waals surface area contributed by atoms with Crippen molar-refractivity contribution < 1.29 is 5.11 Å². The van der Waals surface area contributed by atoms with E-state index in [1.54, 1.807) is 0 Å². The number of aryl methyl sites for hydroxylation is 1. The van der Waals surface area contributed by atoms with Gasteiger partial charge in [-0.15, -0.1) is 0 Å². The van der Waals surface area contributed by atoms with Gasteiger partial charge in [-0.05, 0) is 18.9 Å². The smallest absolute Gasteiger partial charge is 0.205 e. The summed E-state index contributed by atoms with van der Waals surface area (Å²) in [6, 6.07) is 10.5. The van der Waals surface area contributed by atoms with Crippen LogP contribution in [0.25, 0.3) is 0 Å². The van der Waals surface area contributed by atoms with Gasteiger partial charge in [0.25, 0.3) is 0 Å². The minimum atomic E-state index is -0.292. The van der Waals surface area contributed by atoms with Crippen LogP contribution in [-0.4, -0.2) is 27.1 Å². The molecule has 1 fully saturated rings. The standard InChI is InChI=1S/C13H15N3OS/c1-9-14-13(18-15-9)16-8-11(17)7-12(16)10-5-3-2-4-6-10/h2-6,11-12,17H,7-8H2,1H3/t11-,12+/m1/s1. The van der Waals surface area contributed by atoms with Crippen molar-refractivity contribution in [2.45, 2.75) is 25.5 Å². The summed E-state index contributed by atoms with van der Waals surface area (Å²) in [5.74, 6) is 0.795. The third-order valence-corrected chi connectivity index (χ3v) is 4.07. The van der Waals surface area contributed by atoms with Crippen LogP contribution in [0.3, 0.4) is 0 Å². The van der Waals surface area contributed by atoms with Gasteiger partial charge in [-0.2, -0.15) is 4.37 Å². The highest BCUT2D eigenvalue weighted by molar-refractivity contribution is 7.09. The monoisotopic (exact) mass is 261 g/mol.